The van der Waals surface area contributed by atoms with Crippen LogP contribution in [-0.2, 0) is 26.6 Å². The molecule has 1 fully saturated rings. The standard InChI is InChI=1S/C21H22N2O5S2/c24-29(25,22-14-4-5-15-22)20-10-12-21(13-11-20)30(26,27)23(17-19-9-6-16-28-19)18-7-2-1-3-8-18/h1-3,6-13,16H,4-5,14-15,17H2. The van der Waals surface area contributed by atoms with Crippen molar-refractivity contribution >= 4 is 25.7 Å². The maximum absolute atomic E-state index is 13.4. The smallest absolute Gasteiger partial charge is 0.264 e. The molecule has 9 heteroatoms. The van der Waals surface area contributed by atoms with Crippen LogP contribution in [0, 0.1) is 0 Å². The number of hydrogen-bond acceptors (Lipinski definition) is 5. The Balaban J connectivity index is 1.68. The summed E-state index contributed by atoms with van der Waals surface area (Å²) in [6.45, 7) is 1.01. The summed E-state index contributed by atoms with van der Waals surface area (Å²) in [5.74, 6) is 0.496. The molecule has 0 unspecified atom stereocenters. The van der Waals surface area contributed by atoms with Gasteiger partial charge in [0.1, 0.15) is 5.76 Å². The number of hydrogen-bond donors (Lipinski definition) is 0. The van der Waals surface area contributed by atoms with Gasteiger partial charge in [-0.2, -0.15) is 4.31 Å². The van der Waals surface area contributed by atoms with Crippen molar-refractivity contribution in [3.8, 4) is 0 Å². The van der Waals surface area contributed by atoms with E-state index >= 15 is 0 Å². The maximum atomic E-state index is 13.4. The molecule has 0 saturated carbocycles. The summed E-state index contributed by atoms with van der Waals surface area (Å²) in [6.07, 6.45) is 3.16. The van der Waals surface area contributed by atoms with Gasteiger partial charge in [-0.1, -0.05) is 18.2 Å². The summed E-state index contributed by atoms with van der Waals surface area (Å²) < 4.78 is 60.3. The predicted molar refractivity (Wildman–Crippen MR) is 113 cm³/mol. The normalized spacial score (nSPS) is 15.3. The molecule has 30 heavy (non-hydrogen) atoms. The van der Waals surface area contributed by atoms with E-state index < -0.39 is 20.0 Å². The van der Waals surface area contributed by atoms with E-state index in [-0.39, 0.29) is 16.3 Å². The molecule has 0 amide bonds. The summed E-state index contributed by atoms with van der Waals surface area (Å²) in [7, 11) is -7.55. The van der Waals surface area contributed by atoms with Crippen molar-refractivity contribution in [3.05, 3.63) is 78.8 Å². The molecular weight excluding hydrogens is 424 g/mol. The second-order valence-electron chi connectivity index (χ2n) is 7.01. The third kappa shape index (κ3) is 4.00. The van der Waals surface area contributed by atoms with E-state index in [0.29, 0.717) is 24.5 Å². The zero-order chi connectivity index (χ0) is 21.2. The van der Waals surface area contributed by atoms with E-state index in [4.69, 9.17) is 4.42 Å². The van der Waals surface area contributed by atoms with Crippen molar-refractivity contribution in [2.75, 3.05) is 17.4 Å². The van der Waals surface area contributed by atoms with Crippen LogP contribution in [0.2, 0.25) is 0 Å². The SMILES string of the molecule is O=S(=O)(c1ccc(S(=O)(=O)N(Cc2ccco2)c2ccccc2)cc1)N1CCCC1. The van der Waals surface area contributed by atoms with Crippen molar-refractivity contribution in [2.24, 2.45) is 0 Å². The Morgan fingerprint density at radius 2 is 1.43 bits per heavy atom. The van der Waals surface area contributed by atoms with Gasteiger partial charge in [0, 0.05) is 13.1 Å². The molecule has 1 aliphatic rings. The summed E-state index contributed by atoms with van der Waals surface area (Å²) in [5, 5.41) is 0. The highest BCUT2D eigenvalue weighted by molar-refractivity contribution is 7.92. The third-order valence-electron chi connectivity index (χ3n) is 5.04. The molecule has 0 spiro atoms. The molecule has 0 N–H and O–H groups in total. The second-order valence-corrected chi connectivity index (χ2v) is 10.8. The van der Waals surface area contributed by atoms with Gasteiger partial charge in [-0.3, -0.25) is 4.31 Å². The van der Waals surface area contributed by atoms with Crippen molar-refractivity contribution in [1.82, 2.24) is 4.31 Å². The fourth-order valence-electron chi connectivity index (χ4n) is 3.44. The van der Waals surface area contributed by atoms with Crippen molar-refractivity contribution in [3.63, 3.8) is 0 Å². The van der Waals surface area contributed by atoms with Gasteiger partial charge in [-0.15, -0.1) is 0 Å². The average molecular weight is 447 g/mol. The Bertz CT molecular complexity index is 1180. The van der Waals surface area contributed by atoms with E-state index in [1.54, 1.807) is 42.5 Å². The van der Waals surface area contributed by atoms with Gasteiger partial charge in [0.05, 0.1) is 28.3 Å². The first-order valence-corrected chi connectivity index (χ1v) is 12.5. The van der Waals surface area contributed by atoms with Gasteiger partial charge < -0.3 is 4.42 Å². The molecule has 0 aliphatic carbocycles. The quantitative estimate of drug-likeness (QED) is 0.555. The Hall–Kier alpha value is -2.62. The first-order valence-electron chi connectivity index (χ1n) is 9.59. The lowest BCUT2D eigenvalue weighted by molar-refractivity contribution is 0.477. The molecular formula is C21H22N2O5S2. The molecule has 1 saturated heterocycles. The first kappa shape index (κ1) is 20.6. The number of rotatable bonds is 7. The molecule has 158 valence electrons. The lowest BCUT2D eigenvalue weighted by Crippen LogP contribution is -2.30. The van der Waals surface area contributed by atoms with Crippen molar-refractivity contribution < 1.29 is 21.3 Å². The fraction of sp³-hybridized carbons (Fsp3) is 0.238. The number of anilines is 1. The van der Waals surface area contributed by atoms with E-state index in [0.717, 1.165) is 12.8 Å². The molecule has 4 rings (SSSR count). The molecule has 3 aromatic rings. The minimum absolute atomic E-state index is 0.0123. The van der Waals surface area contributed by atoms with Crippen molar-refractivity contribution in [2.45, 2.75) is 29.2 Å². The highest BCUT2D eigenvalue weighted by atomic mass is 32.2. The highest BCUT2D eigenvalue weighted by Gasteiger charge is 2.29. The lowest BCUT2D eigenvalue weighted by atomic mass is 10.3. The Labute approximate surface area is 176 Å². The van der Waals surface area contributed by atoms with Gasteiger partial charge >= 0.3 is 0 Å². The zero-order valence-corrected chi connectivity index (χ0v) is 17.8. The van der Waals surface area contributed by atoms with Crippen LogP contribution >= 0.6 is 0 Å². The van der Waals surface area contributed by atoms with Crippen LogP contribution < -0.4 is 4.31 Å². The molecule has 0 bridgehead atoms. The topological polar surface area (TPSA) is 87.9 Å². The van der Waals surface area contributed by atoms with Gasteiger partial charge in [-0.05, 0) is 61.4 Å². The monoisotopic (exact) mass is 446 g/mol. The Kier molecular flexibility index (Phi) is 5.68. The highest BCUT2D eigenvalue weighted by Crippen LogP contribution is 2.28. The number of furan rings is 1. The number of benzene rings is 2. The van der Waals surface area contributed by atoms with E-state index in [2.05, 4.69) is 0 Å². The summed E-state index contributed by atoms with van der Waals surface area (Å²) >= 11 is 0. The van der Waals surface area contributed by atoms with Gasteiger partial charge in [0.25, 0.3) is 10.0 Å². The van der Waals surface area contributed by atoms with Crippen LogP contribution in [0.3, 0.4) is 0 Å². The molecule has 1 aromatic heterocycles. The molecule has 7 nitrogen and oxygen atoms in total. The van der Waals surface area contributed by atoms with Gasteiger partial charge in [0.15, 0.2) is 0 Å². The van der Waals surface area contributed by atoms with E-state index in [1.807, 2.05) is 0 Å². The van der Waals surface area contributed by atoms with Gasteiger partial charge in [0.2, 0.25) is 10.0 Å². The van der Waals surface area contributed by atoms with E-state index in [9.17, 15) is 16.8 Å². The molecule has 2 heterocycles. The van der Waals surface area contributed by atoms with Crippen molar-refractivity contribution in [1.29, 1.82) is 0 Å². The average Bonchev–Trinajstić information content (AvgIpc) is 3.47. The van der Waals surface area contributed by atoms with Crippen LogP contribution in [0.15, 0.2) is 87.2 Å². The maximum Gasteiger partial charge on any atom is 0.264 e. The van der Waals surface area contributed by atoms with Crippen LogP contribution in [0.5, 0.6) is 0 Å². The fourth-order valence-corrected chi connectivity index (χ4v) is 6.39. The largest absolute Gasteiger partial charge is 0.467 e. The molecule has 1 aliphatic heterocycles. The van der Waals surface area contributed by atoms with Crippen LogP contribution in [0.1, 0.15) is 18.6 Å². The van der Waals surface area contributed by atoms with Crippen LogP contribution in [0.4, 0.5) is 5.69 Å². The third-order valence-corrected chi connectivity index (χ3v) is 8.74. The Morgan fingerprint density at radius 1 is 0.800 bits per heavy atom. The Morgan fingerprint density at radius 3 is 2.03 bits per heavy atom. The second kappa shape index (κ2) is 8.25. The summed E-state index contributed by atoms with van der Waals surface area (Å²) in [5.41, 5.74) is 0.489. The molecule has 0 radical (unpaired) electrons. The minimum Gasteiger partial charge on any atom is -0.467 e. The number of nitrogens with zero attached hydrogens (tertiary/aromatic N) is 2. The molecule has 0 atom stereocenters. The summed E-state index contributed by atoms with van der Waals surface area (Å²) in [6, 6.07) is 17.5. The molecule has 2 aromatic carbocycles. The predicted octanol–water partition coefficient (Wildman–Crippen LogP) is 3.46. The number of para-hydroxylation sites is 1. The van der Waals surface area contributed by atoms with Crippen LogP contribution in [0.25, 0.3) is 0 Å². The first-order chi connectivity index (χ1) is 14.4. The van der Waals surface area contributed by atoms with E-state index in [1.165, 1.54) is 39.1 Å². The lowest BCUT2D eigenvalue weighted by Gasteiger charge is -2.24. The van der Waals surface area contributed by atoms with Crippen LogP contribution in [-0.4, -0.2) is 34.2 Å². The minimum atomic E-state index is -3.95. The zero-order valence-electron chi connectivity index (χ0n) is 16.2. The summed E-state index contributed by atoms with van der Waals surface area (Å²) in [4.78, 5) is 0.110. The van der Waals surface area contributed by atoms with Gasteiger partial charge in [-0.25, -0.2) is 16.8 Å². The number of sulfonamides is 2.